The van der Waals surface area contributed by atoms with Crippen LogP contribution in [0.5, 0.6) is 0 Å². The summed E-state index contributed by atoms with van der Waals surface area (Å²) >= 11 is 5.52. The number of thiocarbonyl (C=S) groups is 1. The van der Waals surface area contributed by atoms with Crippen molar-refractivity contribution in [1.29, 1.82) is 0 Å². The lowest BCUT2D eigenvalue weighted by molar-refractivity contribution is 0.659. The van der Waals surface area contributed by atoms with Gasteiger partial charge in [0.1, 0.15) is 0 Å². The molecule has 2 N–H and O–H groups in total. The first kappa shape index (κ1) is 20.8. The van der Waals surface area contributed by atoms with Crippen molar-refractivity contribution < 1.29 is 0 Å². The minimum absolute atomic E-state index is 0.492. The Bertz CT molecular complexity index is 1170. The van der Waals surface area contributed by atoms with Crippen LogP contribution in [-0.2, 0) is 13.1 Å². The zero-order chi connectivity index (χ0) is 21.8. The van der Waals surface area contributed by atoms with E-state index in [9.17, 15) is 0 Å². The fourth-order valence-corrected chi connectivity index (χ4v) is 3.65. The van der Waals surface area contributed by atoms with Gasteiger partial charge in [-0.2, -0.15) is 10.2 Å². The number of rotatable bonds is 6. The van der Waals surface area contributed by atoms with Gasteiger partial charge in [-0.1, -0.05) is 60.2 Å². The maximum absolute atomic E-state index is 5.52. The lowest BCUT2D eigenvalue weighted by Gasteiger charge is -2.10. The molecule has 4 rings (SSSR count). The summed E-state index contributed by atoms with van der Waals surface area (Å²) in [6, 6.07) is 20.7. The van der Waals surface area contributed by atoms with Crippen LogP contribution in [-0.4, -0.2) is 24.7 Å². The van der Waals surface area contributed by atoms with Gasteiger partial charge in [0.05, 0.1) is 30.2 Å². The van der Waals surface area contributed by atoms with Crippen LogP contribution < -0.4 is 10.6 Å². The van der Waals surface area contributed by atoms with Gasteiger partial charge in [0.2, 0.25) is 0 Å². The number of hydrogen-bond donors (Lipinski definition) is 2. The van der Waals surface area contributed by atoms with Crippen LogP contribution in [0.2, 0.25) is 0 Å². The van der Waals surface area contributed by atoms with Crippen LogP contribution in [0.25, 0.3) is 0 Å². The minimum atomic E-state index is 0.492. The molecule has 7 heteroatoms. The largest absolute Gasteiger partial charge is 0.329 e. The van der Waals surface area contributed by atoms with E-state index in [1.54, 1.807) is 0 Å². The molecule has 2 aromatic heterocycles. The minimum Gasteiger partial charge on any atom is -0.329 e. The lowest BCUT2D eigenvalue weighted by atomic mass is 10.1. The molecule has 0 aliphatic carbocycles. The van der Waals surface area contributed by atoms with E-state index in [0.717, 1.165) is 23.6 Å². The molecule has 2 heterocycles. The smallest absolute Gasteiger partial charge is 0.176 e. The zero-order valence-electron chi connectivity index (χ0n) is 18.0. The molecule has 31 heavy (non-hydrogen) atoms. The molecule has 0 bridgehead atoms. The Kier molecular flexibility index (Phi) is 6.13. The summed E-state index contributed by atoms with van der Waals surface area (Å²) < 4.78 is 3.88. The summed E-state index contributed by atoms with van der Waals surface area (Å²) in [5.41, 5.74) is 6.54. The Hall–Kier alpha value is -3.45. The number of nitrogens with zero attached hydrogens (tertiary/aromatic N) is 4. The third-order valence-corrected chi connectivity index (χ3v) is 5.35. The summed E-state index contributed by atoms with van der Waals surface area (Å²) in [5.74, 6) is 0.704. The normalized spacial score (nSPS) is 10.8. The first-order valence-electron chi connectivity index (χ1n) is 10.2. The van der Waals surface area contributed by atoms with E-state index in [1.165, 1.54) is 16.7 Å². The van der Waals surface area contributed by atoms with E-state index >= 15 is 0 Å². The van der Waals surface area contributed by atoms with Gasteiger partial charge in [-0.25, -0.2) is 0 Å². The molecular formula is C24H26N6S. The van der Waals surface area contributed by atoms with Crippen molar-refractivity contribution in [2.75, 3.05) is 10.6 Å². The molecule has 0 spiro atoms. The maximum atomic E-state index is 5.52. The summed E-state index contributed by atoms with van der Waals surface area (Å²) in [4.78, 5) is 0. The molecule has 158 valence electrons. The average Bonchev–Trinajstić information content (AvgIpc) is 3.29. The van der Waals surface area contributed by atoms with Gasteiger partial charge in [0.15, 0.2) is 10.9 Å². The Morgan fingerprint density at radius 1 is 0.839 bits per heavy atom. The monoisotopic (exact) mass is 430 g/mol. The van der Waals surface area contributed by atoms with E-state index in [2.05, 4.69) is 64.2 Å². The van der Waals surface area contributed by atoms with Gasteiger partial charge >= 0.3 is 0 Å². The summed E-state index contributed by atoms with van der Waals surface area (Å²) in [5, 5.41) is 16.2. The van der Waals surface area contributed by atoms with Crippen molar-refractivity contribution in [1.82, 2.24) is 19.6 Å². The maximum Gasteiger partial charge on any atom is 0.176 e. The highest BCUT2D eigenvalue weighted by Crippen LogP contribution is 2.21. The average molecular weight is 431 g/mol. The standard InChI is InChI=1S/C24H26N6S/c1-17-9-11-21(12-10-17)16-30-19(3)23(18(2)27-30)26-24(31)25-22-13-14-29(28-22)15-20-7-5-4-6-8-20/h4-14H,15-16H2,1-3H3,(H2,25,26,28,31). The van der Waals surface area contributed by atoms with Crippen molar-refractivity contribution >= 4 is 28.8 Å². The summed E-state index contributed by atoms with van der Waals surface area (Å²) in [7, 11) is 0. The number of nitrogens with one attached hydrogen (secondary N) is 2. The Labute approximate surface area is 187 Å². The summed E-state index contributed by atoms with van der Waals surface area (Å²) in [6.07, 6.45) is 1.94. The Balaban J connectivity index is 1.39. The molecule has 6 nitrogen and oxygen atoms in total. The van der Waals surface area contributed by atoms with Gasteiger partial charge in [-0.05, 0) is 44.1 Å². The van der Waals surface area contributed by atoms with Crippen LogP contribution in [0.4, 0.5) is 11.5 Å². The van der Waals surface area contributed by atoms with Gasteiger partial charge in [-0.3, -0.25) is 9.36 Å². The summed E-state index contributed by atoms with van der Waals surface area (Å²) in [6.45, 7) is 7.56. The molecule has 0 aliphatic rings. The molecule has 0 aliphatic heterocycles. The molecule has 0 amide bonds. The molecule has 0 fully saturated rings. The fraction of sp³-hybridized carbons (Fsp3) is 0.208. The van der Waals surface area contributed by atoms with Crippen molar-refractivity contribution in [3.05, 3.63) is 94.9 Å². The van der Waals surface area contributed by atoms with E-state index in [0.29, 0.717) is 17.5 Å². The van der Waals surface area contributed by atoms with Crippen molar-refractivity contribution in [3.63, 3.8) is 0 Å². The predicted molar refractivity (Wildman–Crippen MR) is 130 cm³/mol. The van der Waals surface area contributed by atoms with Crippen LogP contribution in [0.15, 0.2) is 66.9 Å². The number of benzene rings is 2. The fourth-order valence-electron chi connectivity index (χ4n) is 3.45. The topological polar surface area (TPSA) is 59.7 Å². The highest BCUT2D eigenvalue weighted by molar-refractivity contribution is 7.80. The predicted octanol–water partition coefficient (Wildman–Crippen LogP) is 4.91. The first-order valence-corrected chi connectivity index (χ1v) is 10.6. The van der Waals surface area contributed by atoms with E-state index in [4.69, 9.17) is 12.2 Å². The SMILES string of the molecule is Cc1ccc(Cn2nc(C)c(NC(=S)Nc3ccn(Cc4ccccc4)n3)c2C)cc1. The first-order chi connectivity index (χ1) is 15.0. The molecule has 0 saturated carbocycles. The molecule has 4 aromatic rings. The molecular weight excluding hydrogens is 404 g/mol. The van der Waals surface area contributed by atoms with Crippen LogP contribution in [0, 0.1) is 20.8 Å². The lowest BCUT2D eigenvalue weighted by Crippen LogP contribution is -2.20. The quantitative estimate of drug-likeness (QED) is 0.426. The second kappa shape index (κ2) is 9.14. The Morgan fingerprint density at radius 2 is 1.55 bits per heavy atom. The molecule has 0 atom stereocenters. The third kappa shape index (κ3) is 5.19. The third-order valence-electron chi connectivity index (χ3n) is 5.14. The van der Waals surface area contributed by atoms with Gasteiger partial charge in [0.25, 0.3) is 0 Å². The van der Waals surface area contributed by atoms with E-state index in [-0.39, 0.29) is 0 Å². The van der Waals surface area contributed by atoms with Gasteiger partial charge in [-0.15, -0.1) is 0 Å². The molecule has 0 unspecified atom stereocenters. The van der Waals surface area contributed by atoms with Crippen LogP contribution >= 0.6 is 12.2 Å². The second-order valence-electron chi connectivity index (χ2n) is 7.65. The van der Waals surface area contributed by atoms with E-state index in [1.807, 2.05) is 53.7 Å². The van der Waals surface area contributed by atoms with Crippen LogP contribution in [0.1, 0.15) is 28.1 Å². The highest BCUT2D eigenvalue weighted by Gasteiger charge is 2.13. The molecule has 0 saturated heterocycles. The van der Waals surface area contributed by atoms with Crippen molar-refractivity contribution in [2.45, 2.75) is 33.9 Å². The molecule has 0 radical (unpaired) electrons. The van der Waals surface area contributed by atoms with Crippen molar-refractivity contribution in [2.24, 2.45) is 0 Å². The zero-order valence-corrected chi connectivity index (χ0v) is 18.8. The number of aromatic nitrogens is 4. The van der Waals surface area contributed by atoms with Gasteiger partial charge < -0.3 is 10.6 Å². The number of anilines is 2. The van der Waals surface area contributed by atoms with Crippen molar-refractivity contribution in [3.8, 4) is 0 Å². The van der Waals surface area contributed by atoms with Crippen LogP contribution in [0.3, 0.4) is 0 Å². The highest BCUT2D eigenvalue weighted by atomic mass is 32.1. The van der Waals surface area contributed by atoms with Gasteiger partial charge in [0, 0.05) is 12.3 Å². The second-order valence-corrected chi connectivity index (χ2v) is 8.06. The molecule has 2 aromatic carbocycles. The van der Waals surface area contributed by atoms with E-state index < -0.39 is 0 Å². The number of hydrogen-bond acceptors (Lipinski definition) is 3. The Morgan fingerprint density at radius 3 is 2.29 bits per heavy atom. The number of aryl methyl sites for hydroxylation is 2.